The van der Waals surface area contributed by atoms with Crippen LogP contribution in [0.4, 0.5) is 10.5 Å². The van der Waals surface area contributed by atoms with Crippen molar-refractivity contribution in [2.45, 2.75) is 26.4 Å². The Bertz CT molecular complexity index is 811. The molecule has 2 amide bonds. The summed E-state index contributed by atoms with van der Waals surface area (Å²) in [5.41, 5.74) is 1.54. The van der Waals surface area contributed by atoms with Crippen LogP contribution in [0.2, 0.25) is 0 Å². The number of nitrogens with one attached hydrogen (secondary N) is 2. The van der Waals surface area contributed by atoms with Crippen LogP contribution < -0.4 is 10.6 Å². The number of hydrogen-bond acceptors (Lipinski definition) is 5. The van der Waals surface area contributed by atoms with Gasteiger partial charge in [0, 0.05) is 43.3 Å². The fraction of sp³-hybridized carbons (Fsp3) is 0.312. The third kappa shape index (κ3) is 4.40. The molecule has 0 aliphatic carbocycles. The minimum Gasteiger partial charge on any atom is -0.338 e. The van der Waals surface area contributed by atoms with Gasteiger partial charge in [0.2, 0.25) is 0 Å². The number of hydrogen-bond donors (Lipinski definition) is 2. The molecule has 0 saturated heterocycles. The molecule has 1 aromatic carbocycles. The van der Waals surface area contributed by atoms with Crippen LogP contribution in [0.3, 0.4) is 0 Å². The molecule has 0 aliphatic rings. The Morgan fingerprint density at radius 3 is 3.00 bits per heavy atom. The normalized spacial score (nSPS) is 10.6. The molecule has 0 spiro atoms. The first-order valence-corrected chi connectivity index (χ1v) is 8.15. The molecule has 9 nitrogen and oxygen atoms in total. The largest absolute Gasteiger partial charge is 0.338 e. The van der Waals surface area contributed by atoms with Crippen molar-refractivity contribution in [3.05, 3.63) is 42.7 Å². The van der Waals surface area contributed by atoms with Crippen LogP contribution in [-0.2, 0) is 13.1 Å². The van der Waals surface area contributed by atoms with Crippen molar-refractivity contribution in [2.75, 3.05) is 11.9 Å². The van der Waals surface area contributed by atoms with Gasteiger partial charge in [-0.1, -0.05) is 12.1 Å². The van der Waals surface area contributed by atoms with Gasteiger partial charge >= 0.3 is 6.03 Å². The standard InChI is InChI=1S/C16H20N8O/c1-2-24-15(20-21-22-24)13-6-3-7-14(12-13)19-16(25)17-8-4-10-23-11-5-9-18-23/h3,5-7,9,11-12H,2,4,8,10H2,1H3,(H2,17,19,25). The van der Waals surface area contributed by atoms with Gasteiger partial charge in [0.25, 0.3) is 0 Å². The molecule has 0 radical (unpaired) electrons. The summed E-state index contributed by atoms with van der Waals surface area (Å²) in [6.45, 7) is 3.98. The minimum atomic E-state index is -0.243. The Labute approximate surface area is 145 Å². The molecule has 3 aromatic rings. The quantitative estimate of drug-likeness (QED) is 0.638. The van der Waals surface area contributed by atoms with E-state index in [1.54, 1.807) is 10.9 Å². The Balaban J connectivity index is 1.52. The van der Waals surface area contributed by atoms with Crippen LogP contribution in [0.25, 0.3) is 11.4 Å². The Kier molecular flexibility index (Phi) is 5.35. The predicted octanol–water partition coefficient (Wildman–Crippen LogP) is 1.77. The number of amides is 2. The summed E-state index contributed by atoms with van der Waals surface area (Å²) in [4.78, 5) is 12.0. The van der Waals surface area contributed by atoms with Gasteiger partial charge in [0.15, 0.2) is 5.82 Å². The van der Waals surface area contributed by atoms with Crippen molar-refractivity contribution in [2.24, 2.45) is 0 Å². The van der Waals surface area contributed by atoms with E-state index >= 15 is 0 Å². The van der Waals surface area contributed by atoms with E-state index in [0.29, 0.717) is 24.6 Å². The van der Waals surface area contributed by atoms with Gasteiger partial charge in [-0.3, -0.25) is 4.68 Å². The first-order valence-electron chi connectivity index (χ1n) is 8.15. The predicted molar refractivity (Wildman–Crippen MR) is 92.8 cm³/mol. The highest BCUT2D eigenvalue weighted by molar-refractivity contribution is 5.89. The van der Waals surface area contributed by atoms with E-state index in [1.807, 2.05) is 48.1 Å². The van der Waals surface area contributed by atoms with E-state index in [4.69, 9.17) is 0 Å². The molecule has 2 aromatic heterocycles. The molecule has 3 rings (SSSR count). The van der Waals surface area contributed by atoms with Crippen molar-refractivity contribution < 1.29 is 4.79 Å². The molecule has 2 N–H and O–H groups in total. The fourth-order valence-corrected chi connectivity index (χ4v) is 2.41. The number of carbonyl (C=O) groups is 1. The molecule has 9 heteroatoms. The van der Waals surface area contributed by atoms with E-state index in [0.717, 1.165) is 18.5 Å². The number of urea groups is 1. The van der Waals surface area contributed by atoms with E-state index in [2.05, 4.69) is 31.3 Å². The van der Waals surface area contributed by atoms with Crippen LogP contribution in [0, 0.1) is 0 Å². The van der Waals surface area contributed by atoms with Crippen molar-refractivity contribution in [1.82, 2.24) is 35.3 Å². The molecule has 130 valence electrons. The second-order valence-corrected chi connectivity index (χ2v) is 5.40. The van der Waals surface area contributed by atoms with Gasteiger partial charge in [-0.2, -0.15) is 5.10 Å². The third-order valence-corrected chi connectivity index (χ3v) is 3.62. The van der Waals surface area contributed by atoms with Gasteiger partial charge in [-0.15, -0.1) is 5.10 Å². The molecule has 0 unspecified atom stereocenters. The maximum Gasteiger partial charge on any atom is 0.319 e. The van der Waals surface area contributed by atoms with Gasteiger partial charge in [0.05, 0.1) is 0 Å². The summed E-state index contributed by atoms with van der Waals surface area (Å²) in [7, 11) is 0. The lowest BCUT2D eigenvalue weighted by atomic mass is 10.2. The van der Waals surface area contributed by atoms with Crippen LogP contribution in [0.5, 0.6) is 0 Å². The van der Waals surface area contributed by atoms with Gasteiger partial charge < -0.3 is 10.6 Å². The topological polar surface area (TPSA) is 103 Å². The summed E-state index contributed by atoms with van der Waals surface area (Å²) in [6, 6.07) is 9.08. The highest BCUT2D eigenvalue weighted by Crippen LogP contribution is 2.19. The number of aryl methyl sites for hydroxylation is 2. The van der Waals surface area contributed by atoms with Gasteiger partial charge in [0.1, 0.15) is 0 Å². The zero-order chi connectivity index (χ0) is 17.5. The van der Waals surface area contributed by atoms with Crippen LogP contribution in [0.15, 0.2) is 42.7 Å². The number of aromatic nitrogens is 6. The average molecular weight is 340 g/mol. The average Bonchev–Trinajstić information content (AvgIpc) is 3.30. The maximum absolute atomic E-state index is 12.0. The van der Waals surface area contributed by atoms with Crippen molar-refractivity contribution in [3.8, 4) is 11.4 Å². The zero-order valence-corrected chi connectivity index (χ0v) is 14.0. The summed E-state index contributed by atoms with van der Waals surface area (Å²) in [5, 5.41) is 21.4. The number of tetrazole rings is 1. The van der Waals surface area contributed by atoms with Crippen LogP contribution >= 0.6 is 0 Å². The SMILES string of the molecule is CCn1nnnc1-c1cccc(NC(=O)NCCCn2cccn2)c1. The molecule has 25 heavy (non-hydrogen) atoms. The monoisotopic (exact) mass is 340 g/mol. The Morgan fingerprint density at radius 2 is 2.20 bits per heavy atom. The van der Waals surface area contributed by atoms with Gasteiger partial charge in [-0.05, 0) is 42.0 Å². The smallest absolute Gasteiger partial charge is 0.319 e. The number of benzene rings is 1. The summed E-state index contributed by atoms with van der Waals surface area (Å²) in [6.07, 6.45) is 4.44. The third-order valence-electron chi connectivity index (χ3n) is 3.62. The minimum absolute atomic E-state index is 0.243. The van der Waals surface area contributed by atoms with E-state index in [-0.39, 0.29) is 6.03 Å². The van der Waals surface area contributed by atoms with Crippen molar-refractivity contribution in [1.29, 1.82) is 0 Å². The molecule has 0 saturated carbocycles. The summed E-state index contributed by atoms with van der Waals surface area (Å²) >= 11 is 0. The second-order valence-electron chi connectivity index (χ2n) is 5.40. The van der Waals surface area contributed by atoms with Crippen LogP contribution in [-0.4, -0.2) is 42.6 Å². The molecule has 0 atom stereocenters. The number of rotatable bonds is 7. The fourth-order valence-electron chi connectivity index (χ4n) is 2.41. The lowest BCUT2D eigenvalue weighted by Crippen LogP contribution is -2.30. The summed E-state index contributed by atoms with van der Waals surface area (Å²) < 4.78 is 3.54. The molecule has 0 bridgehead atoms. The number of carbonyl (C=O) groups excluding carboxylic acids is 1. The molecule has 0 fully saturated rings. The van der Waals surface area contributed by atoms with Crippen LogP contribution in [0.1, 0.15) is 13.3 Å². The zero-order valence-electron chi connectivity index (χ0n) is 14.0. The van der Waals surface area contributed by atoms with Crippen molar-refractivity contribution >= 4 is 11.7 Å². The van der Waals surface area contributed by atoms with E-state index in [9.17, 15) is 4.79 Å². The molecule has 2 heterocycles. The van der Waals surface area contributed by atoms with E-state index < -0.39 is 0 Å². The first-order chi connectivity index (χ1) is 12.3. The number of anilines is 1. The maximum atomic E-state index is 12.0. The summed E-state index contributed by atoms with van der Waals surface area (Å²) in [5.74, 6) is 0.672. The molecule has 0 aliphatic heterocycles. The Hall–Kier alpha value is -3.23. The first kappa shape index (κ1) is 16.6. The lowest BCUT2D eigenvalue weighted by Gasteiger charge is -2.09. The Morgan fingerprint density at radius 1 is 1.28 bits per heavy atom. The molecular formula is C16H20N8O. The molecular weight excluding hydrogens is 320 g/mol. The number of nitrogens with zero attached hydrogens (tertiary/aromatic N) is 6. The van der Waals surface area contributed by atoms with Crippen molar-refractivity contribution in [3.63, 3.8) is 0 Å². The van der Waals surface area contributed by atoms with E-state index in [1.165, 1.54) is 0 Å². The highest BCUT2D eigenvalue weighted by atomic mass is 16.2. The highest BCUT2D eigenvalue weighted by Gasteiger charge is 2.09. The van der Waals surface area contributed by atoms with Gasteiger partial charge in [-0.25, -0.2) is 9.48 Å². The lowest BCUT2D eigenvalue weighted by molar-refractivity contribution is 0.251. The second kappa shape index (κ2) is 8.04.